The Balaban J connectivity index is 2.29. The molecule has 5 heteroatoms. The minimum atomic E-state index is -0.475. The van der Waals surface area contributed by atoms with E-state index >= 15 is 0 Å². The third kappa shape index (κ3) is 1.42. The van der Waals surface area contributed by atoms with Gasteiger partial charge in [-0.2, -0.15) is 5.26 Å². The lowest BCUT2D eigenvalue weighted by Gasteiger charge is -2.13. The Morgan fingerprint density at radius 3 is 2.70 bits per heavy atom. The first-order valence-corrected chi connectivity index (χ1v) is 6.38. The summed E-state index contributed by atoms with van der Waals surface area (Å²) in [5, 5.41) is 9.34. The molecule has 1 atom stereocenters. The molecule has 0 spiro atoms. The van der Waals surface area contributed by atoms with Crippen LogP contribution in [0.2, 0.25) is 0 Å². The zero-order chi connectivity index (χ0) is 14.4. The SMILES string of the molecule is Cc1c(C#N)c2n(c1C)C(c1ccccn1)C(=O)N2C. The van der Waals surface area contributed by atoms with E-state index in [-0.39, 0.29) is 5.91 Å². The molecule has 3 rings (SSSR count). The number of rotatable bonds is 1. The third-order valence-corrected chi connectivity index (χ3v) is 3.95. The summed E-state index contributed by atoms with van der Waals surface area (Å²) in [5.41, 5.74) is 3.12. The lowest BCUT2D eigenvalue weighted by Crippen LogP contribution is -2.26. The van der Waals surface area contributed by atoms with E-state index < -0.39 is 6.04 Å². The Morgan fingerprint density at radius 2 is 2.10 bits per heavy atom. The molecular formula is C15H14N4O. The average Bonchev–Trinajstić information content (AvgIpc) is 2.86. The summed E-state index contributed by atoms with van der Waals surface area (Å²) in [5.74, 6) is 0.612. The minimum absolute atomic E-state index is 0.0571. The molecule has 100 valence electrons. The predicted molar refractivity (Wildman–Crippen MR) is 74.4 cm³/mol. The second-order valence-electron chi connectivity index (χ2n) is 4.95. The van der Waals surface area contributed by atoms with E-state index in [1.807, 2.05) is 36.6 Å². The fourth-order valence-electron chi connectivity index (χ4n) is 2.78. The molecular weight excluding hydrogens is 252 g/mol. The van der Waals surface area contributed by atoms with Gasteiger partial charge in [-0.05, 0) is 31.5 Å². The van der Waals surface area contributed by atoms with Crippen LogP contribution in [-0.2, 0) is 4.79 Å². The maximum absolute atomic E-state index is 12.5. The van der Waals surface area contributed by atoms with Crippen molar-refractivity contribution in [1.29, 1.82) is 5.26 Å². The Labute approximate surface area is 117 Å². The molecule has 0 N–H and O–H groups in total. The van der Waals surface area contributed by atoms with Gasteiger partial charge >= 0.3 is 0 Å². The van der Waals surface area contributed by atoms with Gasteiger partial charge in [0.05, 0.1) is 11.3 Å². The topological polar surface area (TPSA) is 61.9 Å². The number of carbonyl (C=O) groups is 1. The molecule has 0 saturated carbocycles. The first-order chi connectivity index (χ1) is 9.57. The second kappa shape index (κ2) is 4.20. The van der Waals surface area contributed by atoms with Gasteiger partial charge < -0.3 is 4.57 Å². The maximum atomic E-state index is 12.5. The van der Waals surface area contributed by atoms with Crippen molar-refractivity contribution in [1.82, 2.24) is 9.55 Å². The molecule has 3 heterocycles. The van der Waals surface area contributed by atoms with Crippen LogP contribution in [0.3, 0.4) is 0 Å². The molecule has 5 nitrogen and oxygen atoms in total. The van der Waals surface area contributed by atoms with Gasteiger partial charge in [0, 0.05) is 18.9 Å². The summed E-state index contributed by atoms with van der Waals surface area (Å²) in [6.45, 7) is 3.84. The molecule has 0 aromatic carbocycles. The van der Waals surface area contributed by atoms with Crippen LogP contribution < -0.4 is 4.90 Å². The van der Waals surface area contributed by atoms with Crippen LogP contribution in [0.25, 0.3) is 0 Å². The summed E-state index contributed by atoms with van der Waals surface area (Å²) < 4.78 is 1.92. The Hall–Kier alpha value is -2.61. The lowest BCUT2D eigenvalue weighted by atomic mass is 10.1. The van der Waals surface area contributed by atoms with Gasteiger partial charge in [-0.15, -0.1) is 0 Å². The highest BCUT2D eigenvalue weighted by molar-refractivity contribution is 6.02. The summed E-state index contributed by atoms with van der Waals surface area (Å²) in [6.07, 6.45) is 1.68. The van der Waals surface area contributed by atoms with Gasteiger partial charge in [0.2, 0.25) is 0 Å². The number of carbonyl (C=O) groups excluding carboxylic acids is 1. The number of amides is 1. The standard InChI is InChI=1S/C15H14N4O/c1-9-10(2)19-13(12-6-4-5-7-17-12)15(20)18(3)14(19)11(9)8-16/h4-7,13H,1-3H3. The van der Waals surface area contributed by atoms with E-state index in [0.717, 1.165) is 11.3 Å². The summed E-state index contributed by atoms with van der Waals surface area (Å²) >= 11 is 0. The van der Waals surface area contributed by atoms with E-state index in [4.69, 9.17) is 0 Å². The number of nitrogens with zero attached hydrogens (tertiary/aromatic N) is 4. The van der Waals surface area contributed by atoms with E-state index in [2.05, 4.69) is 11.1 Å². The Bertz CT molecular complexity index is 739. The lowest BCUT2D eigenvalue weighted by molar-refractivity contribution is -0.119. The highest BCUT2D eigenvalue weighted by Crippen LogP contribution is 2.40. The molecule has 0 fully saturated rings. The predicted octanol–water partition coefficient (Wildman–Crippen LogP) is 1.94. The molecule has 0 saturated heterocycles. The number of pyridine rings is 1. The van der Waals surface area contributed by atoms with Gasteiger partial charge in [-0.25, -0.2) is 0 Å². The van der Waals surface area contributed by atoms with Crippen molar-refractivity contribution in [2.24, 2.45) is 0 Å². The first-order valence-electron chi connectivity index (χ1n) is 6.38. The largest absolute Gasteiger partial charge is 0.312 e. The number of aromatic nitrogens is 2. The fourth-order valence-corrected chi connectivity index (χ4v) is 2.78. The number of hydrogen-bond acceptors (Lipinski definition) is 3. The average molecular weight is 266 g/mol. The van der Waals surface area contributed by atoms with Crippen molar-refractivity contribution in [2.75, 3.05) is 11.9 Å². The summed E-state index contributed by atoms with van der Waals surface area (Å²) in [6, 6.07) is 7.26. The van der Waals surface area contributed by atoms with Crippen LogP contribution in [0.4, 0.5) is 5.82 Å². The van der Waals surface area contributed by atoms with Crippen LogP contribution in [0.15, 0.2) is 24.4 Å². The number of nitriles is 1. The number of hydrogen-bond donors (Lipinski definition) is 0. The van der Waals surface area contributed by atoms with E-state index in [0.29, 0.717) is 17.1 Å². The van der Waals surface area contributed by atoms with E-state index in [1.165, 1.54) is 0 Å². The van der Waals surface area contributed by atoms with Crippen molar-refractivity contribution in [3.05, 3.63) is 46.9 Å². The van der Waals surface area contributed by atoms with Crippen molar-refractivity contribution >= 4 is 11.7 Å². The highest BCUT2D eigenvalue weighted by atomic mass is 16.2. The van der Waals surface area contributed by atoms with Crippen LogP contribution in [0.5, 0.6) is 0 Å². The molecule has 2 aromatic heterocycles. The Morgan fingerprint density at radius 1 is 1.35 bits per heavy atom. The number of likely N-dealkylation sites (N-methyl/N-ethyl adjacent to an activating group) is 1. The van der Waals surface area contributed by atoms with E-state index in [9.17, 15) is 10.1 Å². The monoisotopic (exact) mass is 266 g/mol. The zero-order valence-electron chi connectivity index (χ0n) is 11.6. The first kappa shape index (κ1) is 12.4. The van der Waals surface area contributed by atoms with Crippen LogP contribution in [0, 0.1) is 25.2 Å². The van der Waals surface area contributed by atoms with Gasteiger partial charge in [-0.1, -0.05) is 6.07 Å². The van der Waals surface area contributed by atoms with Gasteiger partial charge in [0.1, 0.15) is 11.9 Å². The molecule has 0 aliphatic carbocycles. The van der Waals surface area contributed by atoms with Crippen LogP contribution >= 0.6 is 0 Å². The van der Waals surface area contributed by atoms with Crippen molar-refractivity contribution < 1.29 is 4.79 Å². The molecule has 20 heavy (non-hydrogen) atoms. The molecule has 1 aliphatic rings. The molecule has 2 aromatic rings. The summed E-state index contributed by atoms with van der Waals surface area (Å²) in [4.78, 5) is 18.4. The smallest absolute Gasteiger partial charge is 0.257 e. The quantitative estimate of drug-likeness (QED) is 0.792. The van der Waals surface area contributed by atoms with Crippen molar-refractivity contribution in [2.45, 2.75) is 19.9 Å². The Kier molecular flexibility index (Phi) is 2.61. The molecule has 1 unspecified atom stereocenters. The minimum Gasteiger partial charge on any atom is -0.312 e. The maximum Gasteiger partial charge on any atom is 0.257 e. The molecule has 1 aliphatic heterocycles. The van der Waals surface area contributed by atoms with Gasteiger partial charge in [0.15, 0.2) is 6.04 Å². The second-order valence-corrected chi connectivity index (χ2v) is 4.95. The normalized spacial score (nSPS) is 17.2. The van der Waals surface area contributed by atoms with E-state index in [1.54, 1.807) is 18.1 Å². The van der Waals surface area contributed by atoms with Crippen molar-refractivity contribution in [3.63, 3.8) is 0 Å². The summed E-state index contributed by atoms with van der Waals surface area (Å²) in [7, 11) is 1.71. The van der Waals surface area contributed by atoms with Gasteiger partial charge in [-0.3, -0.25) is 14.7 Å². The highest BCUT2D eigenvalue weighted by Gasteiger charge is 2.41. The van der Waals surface area contributed by atoms with Crippen LogP contribution in [0.1, 0.15) is 28.6 Å². The zero-order valence-corrected chi connectivity index (χ0v) is 11.6. The number of anilines is 1. The molecule has 0 radical (unpaired) electrons. The van der Waals surface area contributed by atoms with Crippen LogP contribution in [-0.4, -0.2) is 22.5 Å². The molecule has 0 bridgehead atoms. The molecule has 1 amide bonds. The van der Waals surface area contributed by atoms with Crippen molar-refractivity contribution in [3.8, 4) is 6.07 Å². The fraction of sp³-hybridized carbons (Fsp3) is 0.267. The number of fused-ring (bicyclic) bond motifs is 1. The third-order valence-electron chi connectivity index (χ3n) is 3.95. The van der Waals surface area contributed by atoms with Gasteiger partial charge in [0.25, 0.3) is 5.91 Å².